The van der Waals surface area contributed by atoms with Gasteiger partial charge in [0.2, 0.25) is 5.95 Å². The molecular formula is C20H15Cl3N6O2. The second kappa shape index (κ2) is 9.38. The number of carbonyl (C=O) groups excluding carboxylic acids is 1. The number of para-hydroxylation sites is 1. The Labute approximate surface area is 192 Å². The van der Waals surface area contributed by atoms with Crippen molar-refractivity contribution in [3.05, 3.63) is 87.4 Å². The standard InChI is InChI=1S/C20H15Cl3N6O2/c21-14-6-5-13(9-16(14)23)10-29-11-24-20(27-29)25-19(30)17-7-8-28(26-17)12-31-18-4-2-1-3-15(18)22/h1-9,11H,10,12H2,(H,25,27,30). The molecule has 2 heterocycles. The summed E-state index contributed by atoms with van der Waals surface area (Å²) in [6.07, 6.45) is 3.14. The molecule has 1 amide bonds. The van der Waals surface area contributed by atoms with Crippen LogP contribution in [0.2, 0.25) is 15.1 Å². The molecule has 0 spiro atoms. The third kappa shape index (κ3) is 5.35. The van der Waals surface area contributed by atoms with Crippen molar-refractivity contribution in [3.63, 3.8) is 0 Å². The van der Waals surface area contributed by atoms with E-state index in [1.54, 1.807) is 41.2 Å². The van der Waals surface area contributed by atoms with Gasteiger partial charge in [0.15, 0.2) is 12.4 Å². The van der Waals surface area contributed by atoms with Gasteiger partial charge in [-0.2, -0.15) is 5.10 Å². The van der Waals surface area contributed by atoms with Gasteiger partial charge in [0.25, 0.3) is 5.91 Å². The maximum atomic E-state index is 12.4. The molecule has 158 valence electrons. The maximum absolute atomic E-state index is 12.4. The molecule has 1 N–H and O–H groups in total. The first-order valence-corrected chi connectivity index (χ1v) is 10.2. The Kier molecular flexibility index (Phi) is 6.41. The lowest BCUT2D eigenvalue weighted by Gasteiger charge is -2.07. The van der Waals surface area contributed by atoms with Crippen LogP contribution in [-0.2, 0) is 13.3 Å². The fourth-order valence-corrected chi connectivity index (χ4v) is 3.18. The van der Waals surface area contributed by atoms with Gasteiger partial charge in [-0.1, -0.05) is 53.0 Å². The summed E-state index contributed by atoms with van der Waals surface area (Å²) in [4.78, 5) is 16.5. The zero-order valence-corrected chi connectivity index (χ0v) is 18.1. The van der Waals surface area contributed by atoms with Crippen LogP contribution in [0.15, 0.2) is 61.1 Å². The second-order valence-electron chi connectivity index (χ2n) is 6.41. The predicted molar refractivity (Wildman–Crippen MR) is 118 cm³/mol. The minimum atomic E-state index is -0.441. The highest BCUT2D eigenvalue weighted by Crippen LogP contribution is 2.24. The van der Waals surface area contributed by atoms with Crippen LogP contribution in [-0.4, -0.2) is 30.5 Å². The van der Waals surface area contributed by atoms with Crippen LogP contribution in [0.1, 0.15) is 16.1 Å². The van der Waals surface area contributed by atoms with Crippen molar-refractivity contribution in [2.75, 3.05) is 5.32 Å². The molecule has 8 nitrogen and oxygen atoms in total. The third-order valence-electron chi connectivity index (χ3n) is 4.15. The SMILES string of the molecule is O=C(Nc1ncn(Cc2ccc(Cl)c(Cl)c2)n1)c1ccn(COc2ccccc2Cl)n1. The van der Waals surface area contributed by atoms with Gasteiger partial charge < -0.3 is 4.74 Å². The molecule has 2 aromatic heterocycles. The van der Waals surface area contributed by atoms with Crippen LogP contribution in [0.4, 0.5) is 5.95 Å². The Balaban J connectivity index is 1.34. The van der Waals surface area contributed by atoms with Crippen molar-refractivity contribution < 1.29 is 9.53 Å². The molecule has 2 aromatic carbocycles. The van der Waals surface area contributed by atoms with E-state index in [9.17, 15) is 4.79 Å². The highest BCUT2D eigenvalue weighted by Gasteiger charge is 2.13. The number of nitrogens with one attached hydrogen (secondary N) is 1. The number of hydrogen-bond acceptors (Lipinski definition) is 5. The molecule has 4 aromatic rings. The minimum Gasteiger partial charge on any atom is -0.470 e. The lowest BCUT2D eigenvalue weighted by atomic mass is 10.2. The average Bonchev–Trinajstić information content (AvgIpc) is 3.40. The molecule has 0 fully saturated rings. The number of ether oxygens (including phenoxy) is 1. The summed E-state index contributed by atoms with van der Waals surface area (Å²) in [5.41, 5.74) is 1.10. The summed E-state index contributed by atoms with van der Waals surface area (Å²) in [5.74, 6) is 0.248. The summed E-state index contributed by atoms with van der Waals surface area (Å²) in [6, 6.07) is 14.0. The van der Waals surface area contributed by atoms with Gasteiger partial charge in [-0.25, -0.2) is 14.3 Å². The average molecular weight is 478 g/mol. The number of carbonyl (C=O) groups is 1. The molecule has 0 atom stereocenters. The highest BCUT2D eigenvalue weighted by atomic mass is 35.5. The van der Waals surface area contributed by atoms with E-state index >= 15 is 0 Å². The van der Waals surface area contributed by atoms with E-state index in [-0.39, 0.29) is 18.4 Å². The molecule has 4 rings (SSSR count). The maximum Gasteiger partial charge on any atom is 0.278 e. The van der Waals surface area contributed by atoms with E-state index in [2.05, 4.69) is 20.5 Å². The van der Waals surface area contributed by atoms with Crippen molar-refractivity contribution in [3.8, 4) is 5.75 Å². The number of aromatic nitrogens is 5. The first kappa shape index (κ1) is 21.2. The van der Waals surface area contributed by atoms with Crippen molar-refractivity contribution in [2.24, 2.45) is 0 Å². The number of amides is 1. The van der Waals surface area contributed by atoms with E-state index in [1.807, 2.05) is 18.2 Å². The van der Waals surface area contributed by atoms with Gasteiger partial charge >= 0.3 is 0 Å². The molecule has 0 aliphatic heterocycles. The van der Waals surface area contributed by atoms with Crippen LogP contribution >= 0.6 is 34.8 Å². The fourth-order valence-electron chi connectivity index (χ4n) is 2.67. The van der Waals surface area contributed by atoms with Crippen LogP contribution < -0.4 is 10.1 Å². The molecule has 11 heteroatoms. The van der Waals surface area contributed by atoms with Crippen LogP contribution in [0.25, 0.3) is 0 Å². The van der Waals surface area contributed by atoms with Gasteiger partial charge in [0.1, 0.15) is 12.1 Å². The lowest BCUT2D eigenvalue weighted by molar-refractivity contribution is 0.101. The van der Waals surface area contributed by atoms with Crippen molar-refractivity contribution in [1.29, 1.82) is 0 Å². The quantitative estimate of drug-likeness (QED) is 0.414. The molecule has 0 aliphatic carbocycles. The van der Waals surface area contributed by atoms with E-state index in [4.69, 9.17) is 39.5 Å². The summed E-state index contributed by atoms with van der Waals surface area (Å²) >= 11 is 18.0. The number of hydrogen-bond donors (Lipinski definition) is 1. The smallest absolute Gasteiger partial charge is 0.278 e. The predicted octanol–water partition coefficient (Wildman–Crippen LogP) is 4.77. The fraction of sp³-hybridized carbons (Fsp3) is 0.100. The topological polar surface area (TPSA) is 86.9 Å². The van der Waals surface area contributed by atoms with Crippen LogP contribution in [0.3, 0.4) is 0 Å². The summed E-state index contributed by atoms with van der Waals surface area (Å²) in [6.45, 7) is 0.529. The molecule has 0 unspecified atom stereocenters. The zero-order valence-electron chi connectivity index (χ0n) is 15.9. The Morgan fingerprint density at radius 2 is 1.81 bits per heavy atom. The van der Waals surface area contributed by atoms with Gasteiger partial charge in [0, 0.05) is 6.20 Å². The summed E-state index contributed by atoms with van der Waals surface area (Å²) < 4.78 is 8.66. The number of nitrogens with zero attached hydrogens (tertiary/aromatic N) is 5. The van der Waals surface area contributed by atoms with Crippen LogP contribution in [0, 0.1) is 0 Å². The Morgan fingerprint density at radius 3 is 2.61 bits per heavy atom. The van der Waals surface area contributed by atoms with Crippen molar-refractivity contribution >= 4 is 46.7 Å². The van der Waals surface area contributed by atoms with E-state index in [0.717, 1.165) is 5.56 Å². The van der Waals surface area contributed by atoms with E-state index < -0.39 is 5.91 Å². The first-order chi connectivity index (χ1) is 15.0. The number of anilines is 1. The lowest BCUT2D eigenvalue weighted by Crippen LogP contribution is -2.15. The first-order valence-electron chi connectivity index (χ1n) is 9.03. The van der Waals surface area contributed by atoms with Crippen LogP contribution in [0.5, 0.6) is 5.75 Å². The molecule has 31 heavy (non-hydrogen) atoms. The number of halogens is 3. The highest BCUT2D eigenvalue weighted by molar-refractivity contribution is 6.42. The molecule has 0 saturated heterocycles. The number of benzene rings is 2. The Morgan fingerprint density at radius 1 is 0.968 bits per heavy atom. The Hall–Kier alpha value is -3.07. The second-order valence-corrected chi connectivity index (χ2v) is 7.63. The van der Waals surface area contributed by atoms with Gasteiger partial charge in [0.05, 0.1) is 21.6 Å². The monoisotopic (exact) mass is 476 g/mol. The molecule has 0 saturated carbocycles. The van der Waals surface area contributed by atoms with E-state index in [1.165, 1.54) is 11.0 Å². The van der Waals surface area contributed by atoms with Crippen molar-refractivity contribution in [2.45, 2.75) is 13.3 Å². The van der Waals surface area contributed by atoms with Crippen molar-refractivity contribution in [1.82, 2.24) is 24.5 Å². The van der Waals surface area contributed by atoms with Gasteiger partial charge in [-0.15, -0.1) is 5.10 Å². The number of rotatable bonds is 7. The zero-order chi connectivity index (χ0) is 21.8. The normalized spacial score (nSPS) is 10.8. The van der Waals surface area contributed by atoms with E-state index in [0.29, 0.717) is 27.4 Å². The molecule has 0 radical (unpaired) electrons. The summed E-state index contributed by atoms with van der Waals surface area (Å²) in [5, 5.41) is 12.5. The molecule has 0 bridgehead atoms. The molecular weight excluding hydrogens is 463 g/mol. The van der Waals surface area contributed by atoms with Gasteiger partial charge in [-0.05, 0) is 35.9 Å². The third-order valence-corrected chi connectivity index (χ3v) is 5.20. The summed E-state index contributed by atoms with van der Waals surface area (Å²) in [7, 11) is 0. The largest absolute Gasteiger partial charge is 0.470 e. The minimum absolute atomic E-state index is 0.105. The van der Waals surface area contributed by atoms with Gasteiger partial charge in [-0.3, -0.25) is 10.1 Å². The Bertz CT molecular complexity index is 1220. The molecule has 0 aliphatic rings.